The van der Waals surface area contributed by atoms with Crippen molar-refractivity contribution in [3.63, 3.8) is 0 Å². The molecule has 0 saturated carbocycles. The summed E-state index contributed by atoms with van der Waals surface area (Å²) in [5, 5.41) is 24.6. The summed E-state index contributed by atoms with van der Waals surface area (Å²) < 4.78 is 10.1. The molecule has 6 nitrogen and oxygen atoms in total. The maximum atomic E-state index is 11.3. The number of ether oxygens (including phenoxy) is 2. The van der Waals surface area contributed by atoms with Crippen LogP contribution in [0.25, 0.3) is 43.1 Å². The molecule has 0 atom stereocenters. The average Bonchev–Trinajstić information content (AvgIpc) is 2.67. The molecule has 0 amide bonds. The van der Waals surface area contributed by atoms with Crippen LogP contribution in [0, 0.1) is 0 Å². The predicted molar refractivity (Wildman–Crippen MR) is 105 cm³/mol. The lowest BCUT2D eigenvalue weighted by Gasteiger charge is -2.18. The van der Waals surface area contributed by atoms with Gasteiger partial charge in [-0.3, -0.25) is 0 Å². The highest BCUT2D eigenvalue weighted by Crippen LogP contribution is 2.47. The Labute approximate surface area is 157 Å². The van der Waals surface area contributed by atoms with E-state index in [1.165, 1.54) is 0 Å². The van der Waals surface area contributed by atoms with Crippen molar-refractivity contribution < 1.29 is 29.3 Å². The molecular weight excluding hydrogens is 360 g/mol. The lowest BCUT2D eigenvalue weighted by Crippen LogP contribution is -2.06. The largest absolute Gasteiger partial charge is 0.511 e. The van der Waals surface area contributed by atoms with Crippen LogP contribution in [-0.4, -0.2) is 22.5 Å². The fourth-order valence-electron chi connectivity index (χ4n) is 4.02. The van der Waals surface area contributed by atoms with Crippen LogP contribution in [0.15, 0.2) is 60.7 Å². The minimum absolute atomic E-state index is 0.129. The standard InChI is InChI=1S/C22H12O6/c23-21(24)27-15-9-7-11-3-1-5-13-14-6-2-4-12-8-10-16(28-22(25)26)20(18(12)14)19(15)17(11)13/h1-10H,(H,23,24)(H,25,26). The van der Waals surface area contributed by atoms with Crippen LogP contribution in [0.2, 0.25) is 0 Å². The third-order valence-electron chi connectivity index (χ3n) is 4.95. The number of fused-ring (bicyclic) bond motifs is 2. The van der Waals surface area contributed by atoms with Crippen molar-refractivity contribution in [2.45, 2.75) is 0 Å². The van der Waals surface area contributed by atoms with Gasteiger partial charge in [-0.2, -0.15) is 0 Å². The molecule has 0 radical (unpaired) electrons. The van der Waals surface area contributed by atoms with Gasteiger partial charge in [-0.15, -0.1) is 0 Å². The summed E-state index contributed by atoms with van der Waals surface area (Å²) in [4.78, 5) is 22.6. The van der Waals surface area contributed by atoms with Crippen molar-refractivity contribution >= 4 is 55.4 Å². The van der Waals surface area contributed by atoms with Crippen molar-refractivity contribution in [1.82, 2.24) is 0 Å². The highest BCUT2D eigenvalue weighted by molar-refractivity contribution is 6.35. The first-order chi connectivity index (χ1) is 13.5. The van der Waals surface area contributed by atoms with Crippen LogP contribution in [0.3, 0.4) is 0 Å². The third-order valence-corrected chi connectivity index (χ3v) is 4.95. The lowest BCUT2D eigenvalue weighted by atomic mass is 9.89. The van der Waals surface area contributed by atoms with Gasteiger partial charge in [0, 0.05) is 21.5 Å². The van der Waals surface area contributed by atoms with Gasteiger partial charge in [0.2, 0.25) is 0 Å². The second-order valence-electron chi connectivity index (χ2n) is 6.42. The summed E-state index contributed by atoms with van der Waals surface area (Å²) in [5.41, 5.74) is 0. The molecule has 5 aromatic carbocycles. The number of rotatable bonds is 2. The molecule has 28 heavy (non-hydrogen) atoms. The predicted octanol–water partition coefficient (Wildman–Crippen LogP) is 5.85. The van der Waals surface area contributed by atoms with Crippen LogP contribution in [-0.2, 0) is 0 Å². The van der Waals surface area contributed by atoms with E-state index < -0.39 is 12.3 Å². The number of benzene rings is 5. The van der Waals surface area contributed by atoms with E-state index in [4.69, 9.17) is 9.47 Å². The fourth-order valence-corrected chi connectivity index (χ4v) is 4.02. The van der Waals surface area contributed by atoms with Crippen molar-refractivity contribution in [2.75, 3.05) is 0 Å². The second-order valence-corrected chi connectivity index (χ2v) is 6.42. The van der Waals surface area contributed by atoms with Gasteiger partial charge >= 0.3 is 12.3 Å². The summed E-state index contributed by atoms with van der Waals surface area (Å²) in [6, 6.07) is 18.3. The molecule has 0 fully saturated rings. The number of carbonyl (C=O) groups is 2. The normalized spacial score (nSPS) is 11.4. The van der Waals surface area contributed by atoms with Gasteiger partial charge in [0.25, 0.3) is 0 Å². The van der Waals surface area contributed by atoms with Crippen LogP contribution in [0.4, 0.5) is 9.59 Å². The number of hydrogen-bond acceptors (Lipinski definition) is 4. The van der Waals surface area contributed by atoms with E-state index in [-0.39, 0.29) is 11.5 Å². The van der Waals surface area contributed by atoms with Gasteiger partial charge < -0.3 is 19.7 Å². The van der Waals surface area contributed by atoms with E-state index in [0.29, 0.717) is 10.8 Å². The topological polar surface area (TPSA) is 93.1 Å². The van der Waals surface area contributed by atoms with E-state index in [0.717, 1.165) is 32.3 Å². The first-order valence-corrected chi connectivity index (χ1v) is 8.48. The van der Waals surface area contributed by atoms with Gasteiger partial charge in [-0.25, -0.2) is 9.59 Å². The minimum atomic E-state index is -1.44. The zero-order valence-electron chi connectivity index (χ0n) is 14.3. The van der Waals surface area contributed by atoms with E-state index in [2.05, 4.69) is 0 Å². The minimum Gasteiger partial charge on any atom is -0.449 e. The zero-order chi connectivity index (χ0) is 19.4. The molecule has 0 aromatic heterocycles. The van der Waals surface area contributed by atoms with Crippen molar-refractivity contribution in [3.8, 4) is 11.5 Å². The van der Waals surface area contributed by atoms with Crippen molar-refractivity contribution in [3.05, 3.63) is 60.7 Å². The SMILES string of the molecule is O=C(O)Oc1ccc2cccc3c4cccc5ccc(OC(=O)O)c(c1c23)c54. The summed E-state index contributed by atoms with van der Waals surface area (Å²) in [7, 11) is 0. The second kappa shape index (κ2) is 5.72. The quantitative estimate of drug-likeness (QED) is 0.175. The molecule has 6 heteroatoms. The first-order valence-electron chi connectivity index (χ1n) is 8.48. The van der Waals surface area contributed by atoms with E-state index >= 15 is 0 Å². The molecular formula is C22H12O6. The molecule has 0 saturated heterocycles. The van der Waals surface area contributed by atoms with Crippen molar-refractivity contribution in [1.29, 1.82) is 0 Å². The summed E-state index contributed by atoms with van der Waals surface area (Å²) in [5.74, 6) is 0.259. The van der Waals surface area contributed by atoms with Crippen LogP contribution >= 0.6 is 0 Å². The maximum absolute atomic E-state index is 11.3. The third kappa shape index (κ3) is 2.21. The first kappa shape index (κ1) is 16.1. The molecule has 0 aliphatic carbocycles. The van der Waals surface area contributed by atoms with Crippen LogP contribution in [0.1, 0.15) is 0 Å². The summed E-state index contributed by atoms with van der Waals surface area (Å²) in [6.07, 6.45) is -2.89. The molecule has 0 spiro atoms. The Bertz CT molecular complexity index is 1310. The molecule has 0 heterocycles. The molecule has 5 rings (SSSR count). The number of carboxylic acid groups (broad SMARTS) is 2. The highest BCUT2D eigenvalue weighted by atomic mass is 16.7. The Morgan fingerprint density at radius 2 is 1.00 bits per heavy atom. The van der Waals surface area contributed by atoms with E-state index in [9.17, 15) is 19.8 Å². The molecule has 0 aliphatic rings. The monoisotopic (exact) mass is 372 g/mol. The van der Waals surface area contributed by atoms with Crippen LogP contribution < -0.4 is 9.47 Å². The molecule has 0 bridgehead atoms. The molecule has 0 unspecified atom stereocenters. The highest BCUT2D eigenvalue weighted by Gasteiger charge is 2.21. The van der Waals surface area contributed by atoms with Gasteiger partial charge in [0.05, 0.1) is 0 Å². The van der Waals surface area contributed by atoms with Gasteiger partial charge in [-0.1, -0.05) is 48.5 Å². The molecule has 0 aliphatic heterocycles. The smallest absolute Gasteiger partial charge is 0.449 e. The van der Waals surface area contributed by atoms with E-state index in [1.807, 2.05) is 36.4 Å². The lowest BCUT2D eigenvalue weighted by molar-refractivity contribution is 0.143. The fraction of sp³-hybridized carbons (Fsp3) is 0. The van der Waals surface area contributed by atoms with Gasteiger partial charge in [0.15, 0.2) is 0 Å². The number of hydrogen-bond donors (Lipinski definition) is 2. The Morgan fingerprint density at radius 1 is 0.571 bits per heavy atom. The molecule has 136 valence electrons. The Kier molecular flexibility index (Phi) is 3.30. The average molecular weight is 372 g/mol. The van der Waals surface area contributed by atoms with Crippen molar-refractivity contribution in [2.24, 2.45) is 0 Å². The summed E-state index contributed by atoms with van der Waals surface area (Å²) in [6.45, 7) is 0. The molecule has 2 N–H and O–H groups in total. The van der Waals surface area contributed by atoms with Gasteiger partial charge in [0.1, 0.15) is 11.5 Å². The van der Waals surface area contributed by atoms with Gasteiger partial charge in [-0.05, 0) is 33.7 Å². The molecule has 5 aromatic rings. The van der Waals surface area contributed by atoms with Crippen LogP contribution in [0.5, 0.6) is 11.5 Å². The Morgan fingerprint density at radius 3 is 1.39 bits per heavy atom. The summed E-state index contributed by atoms with van der Waals surface area (Å²) >= 11 is 0. The Balaban J connectivity index is 2.13. The maximum Gasteiger partial charge on any atom is 0.511 e. The zero-order valence-corrected chi connectivity index (χ0v) is 14.3. The Hall–Kier alpha value is -4.06. The van der Waals surface area contributed by atoms with E-state index in [1.54, 1.807) is 24.3 Å².